The Morgan fingerprint density at radius 2 is 1.92 bits per heavy atom. The highest BCUT2D eigenvalue weighted by Gasteiger charge is 2.33. The second-order valence-electron chi connectivity index (χ2n) is 6.30. The number of carboxylic acids is 1. The van der Waals surface area contributed by atoms with Crippen LogP contribution in [0, 0.1) is 11.7 Å². The van der Waals surface area contributed by atoms with Crippen LogP contribution in [0.2, 0.25) is 0 Å². The molecule has 1 amide bonds. The standard InChI is InChI=1S/C17H23FN2O5S/c18-14-6-8-15(9-7-14)26(24,25)20-11-3-4-13(12-20)17(23)19-10-2-1-5-16(21)22/h6-9,13H,1-5,10-12H2,(H,19,23)(H,21,22). The molecule has 2 N–H and O–H groups in total. The van der Waals surface area contributed by atoms with Gasteiger partial charge in [0.2, 0.25) is 15.9 Å². The van der Waals surface area contributed by atoms with Crippen molar-refractivity contribution in [3.8, 4) is 0 Å². The van der Waals surface area contributed by atoms with E-state index in [0.717, 1.165) is 12.1 Å². The molecule has 0 aromatic heterocycles. The predicted molar refractivity (Wildman–Crippen MR) is 92.4 cm³/mol. The lowest BCUT2D eigenvalue weighted by atomic mass is 9.99. The third-order valence-corrected chi connectivity index (χ3v) is 6.20. The van der Waals surface area contributed by atoms with Crippen LogP contribution in [0.4, 0.5) is 4.39 Å². The van der Waals surface area contributed by atoms with Crippen molar-refractivity contribution in [2.75, 3.05) is 19.6 Å². The average molecular weight is 386 g/mol. The van der Waals surface area contributed by atoms with Crippen molar-refractivity contribution in [1.82, 2.24) is 9.62 Å². The Labute approximate surface area is 152 Å². The van der Waals surface area contributed by atoms with Gasteiger partial charge in [-0.25, -0.2) is 12.8 Å². The normalized spacial score (nSPS) is 18.4. The molecule has 1 heterocycles. The molecule has 0 aliphatic carbocycles. The lowest BCUT2D eigenvalue weighted by Gasteiger charge is -2.31. The van der Waals surface area contributed by atoms with Crippen LogP contribution < -0.4 is 5.32 Å². The number of aliphatic carboxylic acids is 1. The van der Waals surface area contributed by atoms with Crippen molar-refractivity contribution in [2.45, 2.75) is 37.0 Å². The Kier molecular flexibility index (Phi) is 7.10. The van der Waals surface area contributed by atoms with E-state index in [0.29, 0.717) is 38.8 Å². The zero-order valence-corrected chi connectivity index (χ0v) is 15.2. The lowest BCUT2D eigenvalue weighted by Crippen LogP contribution is -2.45. The van der Waals surface area contributed by atoms with Crippen molar-refractivity contribution in [2.24, 2.45) is 5.92 Å². The average Bonchev–Trinajstić information content (AvgIpc) is 2.61. The quantitative estimate of drug-likeness (QED) is 0.661. The van der Waals surface area contributed by atoms with Gasteiger partial charge in [-0.2, -0.15) is 4.31 Å². The Hall–Kier alpha value is -2.00. The first-order valence-electron chi connectivity index (χ1n) is 8.56. The van der Waals surface area contributed by atoms with Gasteiger partial charge in [0.05, 0.1) is 10.8 Å². The van der Waals surface area contributed by atoms with E-state index in [4.69, 9.17) is 5.11 Å². The van der Waals surface area contributed by atoms with Crippen molar-refractivity contribution in [3.05, 3.63) is 30.1 Å². The molecule has 1 atom stereocenters. The van der Waals surface area contributed by atoms with E-state index in [-0.39, 0.29) is 23.8 Å². The molecule has 0 radical (unpaired) electrons. The van der Waals surface area contributed by atoms with Crippen LogP contribution in [0.1, 0.15) is 32.1 Å². The second kappa shape index (κ2) is 9.09. The van der Waals surface area contributed by atoms with E-state index >= 15 is 0 Å². The fraction of sp³-hybridized carbons (Fsp3) is 0.529. The third-order valence-electron chi connectivity index (χ3n) is 4.32. The Bertz CT molecular complexity index is 736. The van der Waals surface area contributed by atoms with Crippen LogP contribution in [-0.2, 0) is 19.6 Å². The van der Waals surface area contributed by atoms with E-state index < -0.39 is 27.7 Å². The minimum atomic E-state index is -3.76. The molecule has 1 unspecified atom stereocenters. The molecule has 2 rings (SSSR count). The van der Waals surface area contributed by atoms with E-state index in [9.17, 15) is 22.4 Å². The Morgan fingerprint density at radius 1 is 1.23 bits per heavy atom. The molecular formula is C17H23FN2O5S. The fourth-order valence-corrected chi connectivity index (χ4v) is 4.41. The molecular weight excluding hydrogens is 363 g/mol. The Balaban J connectivity index is 1.90. The molecule has 1 aliphatic rings. The number of halogens is 1. The van der Waals surface area contributed by atoms with Crippen LogP contribution >= 0.6 is 0 Å². The molecule has 1 aliphatic heterocycles. The van der Waals surface area contributed by atoms with Gasteiger partial charge >= 0.3 is 5.97 Å². The van der Waals surface area contributed by atoms with E-state index in [1.807, 2.05) is 0 Å². The van der Waals surface area contributed by atoms with Crippen LogP contribution in [0.25, 0.3) is 0 Å². The minimum absolute atomic E-state index is 0.00799. The van der Waals surface area contributed by atoms with Crippen molar-refractivity contribution < 1.29 is 27.5 Å². The number of rotatable bonds is 8. The zero-order chi connectivity index (χ0) is 19.2. The maximum atomic E-state index is 13.0. The van der Waals surface area contributed by atoms with Gasteiger partial charge in [-0.15, -0.1) is 0 Å². The first-order chi connectivity index (χ1) is 12.3. The maximum Gasteiger partial charge on any atom is 0.303 e. The number of piperidine rings is 1. The predicted octanol–water partition coefficient (Wildman–Crippen LogP) is 1.60. The molecule has 1 aromatic carbocycles. The summed E-state index contributed by atoms with van der Waals surface area (Å²) in [6.07, 6.45) is 2.25. The second-order valence-corrected chi connectivity index (χ2v) is 8.24. The summed E-state index contributed by atoms with van der Waals surface area (Å²) >= 11 is 0. The molecule has 1 fully saturated rings. The van der Waals surface area contributed by atoms with E-state index in [1.165, 1.54) is 16.4 Å². The van der Waals surface area contributed by atoms with E-state index in [2.05, 4.69) is 5.32 Å². The molecule has 0 bridgehead atoms. The van der Waals surface area contributed by atoms with Gasteiger partial charge in [0.15, 0.2) is 0 Å². The first-order valence-corrected chi connectivity index (χ1v) is 10.00. The van der Waals surface area contributed by atoms with Gasteiger partial charge in [0, 0.05) is 26.1 Å². The number of carbonyl (C=O) groups excluding carboxylic acids is 1. The van der Waals surface area contributed by atoms with Gasteiger partial charge in [-0.05, 0) is 49.9 Å². The highest BCUT2D eigenvalue weighted by Crippen LogP contribution is 2.24. The topological polar surface area (TPSA) is 104 Å². The number of unbranched alkanes of at least 4 members (excludes halogenated alkanes) is 1. The maximum absolute atomic E-state index is 13.0. The van der Waals surface area contributed by atoms with Gasteiger partial charge in [0.1, 0.15) is 5.82 Å². The summed E-state index contributed by atoms with van der Waals surface area (Å²) < 4.78 is 39.6. The summed E-state index contributed by atoms with van der Waals surface area (Å²) in [4.78, 5) is 22.7. The number of hydrogen-bond donors (Lipinski definition) is 2. The smallest absolute Gasteiger partial charge is 0.303 e. The summed E-state index contributed by atoms with van der Waals surface area (Å²) in [5, 5.41) is 11.3. The number of amides is 1. The number of nitrogens with zero attached hydrogens (tertiary/aromatic N) is 1. The highest BCUT2D eigenvalue weighted by atomic mass is 32.2. The molecule has 9 heteroatoms. The summed E-state index contributed by atoms with van der Waals surface area (Å²) in [6, 6.07) is 4.63. The number of nitrogens with one attached hydrogen (secondary N) is 1. The van der Waals surface area contributed by atoms with Crippen molar-refractivity contribution in [3.63, 3.8) is 0 Å². The minimum Gasteiger partial charge on any atom is -0.481 e. The molecule has 0 spiro atoms. The van der Waals surface area contributed by atoms with E-state index in [1.54, 1.807) is 0 Å². The van der Waals surface area contributed by atoms with Crippen LogP contribution in [0.15, 0.2) is 29.2 Å². The fourth-order valence-electron chi connectivity index (χ4n) is 2.89. The SMILES string of the molecule is O=C(O)CCCCNC(=O)C1CCCN(S(=O)(=O)c2ccc(F)cc2)C1. The molecule has 7 nitrogen and oxygen atoms in total. The zero-order valence-electron chi connectivity index (χ0n) is 14.4. The van der Waals surface area contributed by atoms with Gasteiger partial charge in [-0.1, -0.05) is 0 Å². The van der Waals surface area contributed by atoms with Gasteiger partial charge in [-0.3, -0.25) is 9.59 Å². The molecule has 26 heavy (non-hydrogen) atoms. The van der Waals surface area contributed by atoms with Crippen LogP contribution in [-0.4, -0.2) is 49.3 Å². The Morgan fingerprint density at radius 3 is 2.58 bits per heavy atom. The number of sulfonamides is 1. The van der Waals surface area contributed by atoms with Crippen molar-refractivity contribution in [1.29, 1.82) is 0 Å². The van der Waals surface area contributed by atoms with Crippen molar-refractivity contribution >= 4 is 21.9 Å². The summed E-state index contributed by atoms with van der Waals surface area (Å²) in [6.45, 7) is 0.774. The lowest BCUT2D eigenvalue weighted by molar-refractivity contribution is -0.137. The number of carboxylic acid groups (broad SMARTS) is 1. The molecule has 0 saturated carbocycles. The van der Waals surface area contributed by atoms with Gasteiger partial charge < -0.3 is 10.4 Å². The molecule has 1 aromatic rings. The van der Waals surface area contributed by atoms with Gasteiger partial charge in [0.25, 0.3) is 0 Å². The summed E-state index contributed by atoms with van der Waals surface area (Å²) in [7, 11) is -3.76. The number of carbonyl (C=O) groups is 2. The highest BCUT2D eigenvalue weighted by molar-refractivity contribution is 7.89. The first kappa shape index (κ1) is 20.3. The monoisotopic (exact) mass is 386 g/mol. The third kappa shape index (κ3) is 5.50. The number of benzene rings is 1. The van der Waals surface area contributed by atoms with Crippen LogP contribution in [0.3, 0.4) is 0 Å². The molecule has 1 saturated heterocycles. The van der Waals surface area contributed by atoms with Crippen LogP contribution in [0.5, 0.6) is 0 Å². The summed E-state index contributed by atoms with van der Waals surface area (Å²) in [5.41, 5.74) is 0. The summed E-state index contributed by atoms with van der Waals surface area (Å²) in [5.74, 6) is -2.05. The molecule has 144 valence electrons. The largest absolute Gasteiger partial charge is 0.481 e. The number of hydrogen-bond acceptors (Lipinski definition) is 4.